The van der Waals surface area contributed by atoms with Gasteiger partial charge in [-0.05, 0) is 0 Å². The molecule has 1 atom stereocenters. The van der Waals surface area contributed by atoms with E-state index >= 15 is 0 Å². The molecule has 1 aliphatic heterocycles. The number of azo groups is 1. The Morgan fingerprint density at radius 3 is 1.86 bits per heavy atom. The van der Waals surface area contributed by atoms with Crippen molar-refractivity contribution in [2.75, 3.05) is 6.61 Å². The summed E-state index contributed by atoms with van der Waals surface area (Å²) in [5.74, 6) is -0.858. The molecule has 0 spiro atoms. The van der Waals surface area contributed by atoms with Gasteiger partial charge in [-0.3, -0.25) is 0 Å². The molecule has 8 nitrogen and oxygen atoms in total. The van der Waals surface area contributed by atoms with E-state index in [1.54, 1.807) is 44.6 Å². The van der Waals surface area contributed by atoms with E-state index < -0.39 is 41.2 Å². The molecule has 0 amide bonds. The Hall–Kier alpha value is -2.05. The van der Waals surface area contributed by atoms with Crippen LogP contribution in [-0.4, -0.2) is 42.4 Å². The Morgan fingerprint density at radius 2 is 1.55 bits per heavy atom. The molecule has 0 aromatic carbocycles. The summed E-state index contributed by atoms with van der Waals surface area (Å²) in [6, 6.07) is 6.65. The van der Waals surface area contributed by atoms with E-state index in [0.717, 1.165) is 0 Å². The van der Waals surface area contributed by atoms with Crippen LogP contribution in [0.15, 0.2) is 10.2 Å². The van der Waals surface area contributed by atoms with Crippen molar-refractivity contribution in [2.24, 2.45) is 15.6 Å². The summed E-state index contributed by atoms with van der Waals surface area (Å²) in [5.41, 5.74) is -4.65. The zero-order chi connectivity index (χ0) is 17.2. The molecule has 0 N–H and O–H groups in total. The first-order chi connectivity index (χ1) is 10.2. The van der Waals surface area contributed by atoms with Crippen LogP contribution in [0, 0.1) is 50.7 Å². The molecule has 1 aliphatic rings. The van der Waals surface area contributed by atoms with Crippen molar-refractivity contribution < 1.29 is 9.53 Å². The van der Waals surface area contributed by atoms with E-state index in [2.05, 4.69) is 10.2 Å². The van der Waals surface area contributed by atoms with Gasteiger partial charge in [0.25, 0.3) is 0 Å². The summed E-state index contributed by atoms with van der Waals surface area (Å²) < 4.78 is 8.55. The first kappa shape index (κ1) is 18.0. The van der Waals surface area contributed by atoms with Crippen molar-refractivity contribution in [3.8, 4) is 24.3 Å². The molecule has 112 valence electrons. The summed E-state index contributed by atoms with van der Waals surface area (Å²) in [6.07, 6.45) is 0. The zero-order valence-electron chi connectivity index (χ0n) is 12.7. The van der Waals surface area contributed by atoms with Crippen LogP contribution in [0.4, 0.5) is 0 Å². The maximum atomic E-state index is 12.6. The van der Waals surface area contributed by atoms with E-state index in [9.17, 15) is 25.8 Å². The summed E-state index contributed by atoms with van der Waals surface area (Å²) in [7, 11) is 0. The molecule has 0 aromatic rings. The van der Waals surface area contributed by atoms with Gasteiger partial charge in [0.1, 0.15) is 0 Å². The standard InChI is InChI=1S/C10H5N6O2.3CH3.Pb/c1-2-18-8(17)7-9(3-11,4-12)10(5-13,6-14)16-15-7;;;;/h2H2,1H3;3*1H3;. The second-order valence-electron chi connectivity index (χ2n) is 5.79. The number of carbonyl (C=O) groups is 1. The Bertz CT molecular complexity index is 668. The summed E-state index contributed by atoms with van der Waals surface area (Å²) >= 11 is -3.75. The molecule has 0 aromatic heterocycles. The average molecular weight is 493 g/mol. The fourth-order valence-corrected chi connectivity index (χ4v) is 12.1. The molecular formula is C13H14N6O2Pb. The van der Waals surface area contributed by atoms with Crippen LogP contribution in [0.5, 0.6) is 0 Å². The molecule has 0 saturated carbocycles. The number of carbonyl (C=O) groups excluding carboxylic acids is 1. The van der Waals surface area contributed by atoms with Crippen LogP contribution >= 0.6 is 0 Å². The quantitative estimate of drug-likeness (QED) is 0.430. The molecule has 0 saturated heterocycles. The van der Waals surface area contributed by atoms with Gasteiger partial charge in [-0.15, -0.1) is 0 Å². The van der Waals surface area contributed by atoms with Crippen molar-refractivity contribution in [3.63, 3.8) is 0 Å². The Labute approximate surface area is 133 Å². The van der Waals surface area contributed by atoms with Gasteiger partial charge in [0, 0.05) is 0 Å². The molecular weight excluding hydrogens is 479 g/mol. The van der Waals surface area contributed by atoms with Gasteiger partial charge in [-0.2, -0.15) is 0 Å². The molecule has 0 bridgehead atoms. The maximum absolute atomic E-state index is 12.6. The first-order valence-electron chi connectivity index (χ1n) is 6.45. The third-order valence-corrected chi connectivity index (χ3v) is 14.8. The predicted octanol–water partition coefficient (Wildman–Crippen LogP) is 1.45. The second kappa shape index (κ2) is 5.62. The second-order valence-corrected chi connectivity index (χ2v) is 26.1. The third-order valence-electron chi connectivity index (χ3n) is 3.75. The Balaban J connectivity index is 3.91. The van der Waals surface area contributed by atoms with E-state index in [0.29, 0.717) is 0 Å². The van der Waals surface area contributed by atoms with Crippen molar-refractivity contribution in [1.82, 2.24) is 0 Å². The van der Waals surface area contributed by atoms with Gasteiger partial charge in [-0.25, -0.2) is 0 Å². The number of nitriles is 4. The first-order valence-corrected chi connectivity index (χ1v) is 20.1. The van der Waals surface area contributed by atoms with Crippen LogP contribution in [0.1, 0.15) is 6.92 Å². The van der Waals surface area contributed by atoms with E-state index in [1.807, 2.05) is 0 Å². The molecule has 0 radical (unpaired) electrons. The molecule has 0 aliphatic carbocycles. The molecule has 1 unspecified atom stereocenters. The minimum absolute atomic E-state index is 0.0269. The van der Waals surface area contributed by atoms with Crippen molar-refractivity contribution in [2.45, 2.75) is 29.0 Å². The van der Waals surface area contributed by atoms with Crippen LogP contribution in [0.2, 0.25) is 13.4 Å². The zero-order valence-corrected chi connectivity index (χ0v) is 16.6. The topological polar surface area (TPSA) is 146 Å². The van der Waals surface area contributed by atoms with Crippen molar-refractivity contribution in [3.05, 3.63) is 0 Å². The van der Waals surface area contributed by atoms with Gasteiger partial charge in [0.15, 0.2) is 0 Å². The van der Waals surface area contributed by atoms with E-state index in [1.165, 1.54) is 0 Å². The number of esters is 1. The number of rotatable bonds is 3. The van der Waals surface area contributed by atoms with Gasteiger partial charge in [-0.1, -0.05) is 0 Å². The molecule has 1 heterocycles. The Kier molecular flexibility index (Phi) is 4.60. The SMILES string of the molecule is CCOC(=O)[C]1([Pb]([CH3])([CH3])[CH3])N=NC(C#N)(C#N)C1(C#N)C#N. The van der Waals surface area contributed by atoms with E-state index in [-0.39, 0.29) is 6.61 Å². The van der Waals surface area contributed by atoms with Crippen LogP contribution in [-0.2, 0) is 9.53 Å². The average Bonchev–Trinajstić information content (AvgIpc) is 2.78. The minimum atomic E-state index is -3.75. The van der Waals surface area contributed by atoms with Crippen molar-refractivity contribution >= 4 is 27.1 Å². The molecule has 22 heavy (non-hydrogen) atoms. The summed E-state index contributed by atoms with van der Waals surface area (Å²) in [5, 5.41) is 45.6. The fourth-order valence-electron chi connectivity index (χ4n) is 2.60. The van der Waals surface area contributed by atoms with Gasteiger partial charge >= 0.3 is 133 Å². The van der Waals surface area contributed by atoms with Crippen LogP contribution < -0.4 is 0 Å². The fraction of sp³-hybridized carbons (Fsp3) is 0.615. The number of nitrogens with zero attached hydrogens (tertiary/aromatic N) is 6. The van der Waals surface area contributed by atoms with Gasteiger partial charge in [0.05, 0.1) is 0 Å². The van der Waals surface area contributed by atoms with Gasteiger partial charge in [0.2, 0.25) is 0 Å². The molecule has 9 heteroatoms. The monoisotopic (exact) mass is 494 g/mol. The van der Waals surface area contributed by atoms with E-state index in [4.69, 9.17) is 4.74 Å². The number of hydrogen-bond acceptors (Lipinski definition) is 8. The molecule has 1 rings (SSSR count). The van der Waals surface area contributed by atoms with Crippen LogP contribution in [0.3, 0.4) is 0 Å². The summed E-state index contributed by atoms with van der Waals surface area (Å²) in [4.78, 5) is 12.6. The third kappa shape index (κ3) is 1.84. The summed E-state index contributed by atoms with van der Waals surface area (Å²) in [6.45, 7) is 1.61. The number of hydrogen-bond donors (Lipinski definition) is 0. The molecule has 0 fully saturated rings. The van der Waals surface area contributed by atoms with Crippen LogP contribution in [0.25, 0.3) is 0 Å². The Morgan fingerprint density at radius 1 is 1.05 bits per heavy atom. The normalized spacial score (nSPS) is 24.4. The predicted molar refractivity (Wildman–Crippen MR) is 75.2 cm³/mol. The van der Waals surface area contributed by atoms with Gasteiger partial charge < -0.3 is 0 Å². The van der Waals surface area contributed by atoms with Crippen molar-refractivity contribution in [1.29, 1.82) is 21.0 Å². The number of ether oxygens (including phenoxy) is 1.